The molecule has 0 aromatic heterocycles. The number of hydrogen-bond donors (Lipinski definition) is 0. The number of nitrogens with zero attached hydrogens (tertiary/aromatic N) is 1. The van der Waals surface area contributed by atoms with E-state index in [0.717, 1.165) is 38.8 Å². The highest BCUT2D eigenvalue weighted by Crippen LogP contribution is 2.45. The van der Waals surface area contributed by atoms with Gasteiger partial charge in [-0.25, -0.2) is 0 Å². The number of rotatable bonds is 6. The highest BCUT2D eigenvalue weighted by molar-refractivity contribution is 5.89. The number of benzene rings is 1. The summed E-state index contributed by atoms with van der Waals surface area (Å²) in [5, 5.41) is 0. The maximum atomic E-state index is 13.0. The molecule has 0 spiro atoms. The van der Waals surface area contributed by atoms with E-state index in [2.05, 4.69) is 30.9 Å². The van der Waals surface area contributed by atoms with E-state index < -0.39 is 0 Å². The summed E-state index contributed by atoms with van der Waals surface area (Å²) in [6.07, 6.45) is 5.28. The van der Waals surface area contributed by atoms with E-state index in [4.69, 9.17) is 0 Å². The molecule has 1 aliphatic rings. The molecule has 104 valence electrons. The second kappa shape index (κ2) is 6.23. The Morgan fingerprint density at radius 3 is 2.11 bits per heavy atom. The zero-order valence-electron chi connectivity index (χ0n) is 12.2. The van der Waals surface area contributed by atoms with Crippen molar-refractivity contribution in [1.82, 2.24) is 4.90 Å². The van der Waals surface area contributed by atoms with E-state index in [1.54, 1.807) is 0 Å². The third kappa shape index (κ3) is 2.68. The summed E-state index contributed by atoms with van der Waals surface area (Å²) in [4.78, 5) is 15.0. The van der Waals surface area contributed by atoms with E-state index in [1.165, 1.54) is 12.0 Å². The molecular formula is C17H25NO. The number of carbonyl (C=O) groups excluding carboxylic acids is 1. The molecule has 0 atom stereocenters. The van der Waals surface area contributed by atoms with Crippen molar-refractivity contribution in [2.45, 2.75) is 51.4 Å². The zero-order valence-corrected chi connectivity index (χ0v) is 12.2. The smallest absolute Gasteiger partial charge is 0.233 e. The Hall–Kier alpha value is -1.31. The highest BCUT2D eigenvalue weighted by atomic mass is 16.2. The molecule has 0 aliphatic heterocycles. The first kappa shape index (κ1) is 14.1. The van der Waals surface area contributed by atoms with Gasteiger partial charge in [0.2, 0.25) is 5.91 Å². The summed E-state index contributed by atoms with van der Waals surface area (Å²) in [5.74, 6) is 0.355. The molecule has 2 heteroatoms. The summed E-state index contributed by atoms with van der Waals surface area (Å²) in [6, 6.07) is 10.4. The summed E-state index contributed by atoms with van der Waals surface area (Å²) >= 11 is 0. The van der Waals surface area contributed by atoms with Crippen LogP contribution in [0.4, 0.5) is 0 Å². The zero-order chi connectivity index (χ0) is 13.7. The lowest BCUT2D eigenvalue weighted by Gasteiger charge is -2.44. The summed E-state index contributed by atoms with van der Waals surface area (Å²) < 4.78 is 0. The molecule has 1 aromatic rings. The molecule has 1 aromatic carbocycles. The van der Waals surface area contributed by atoms with Gasteiger partial charge in [0.05, 0.1) is 5.41 Å². The van der Waals surface area contributed by atoms with Crippen molar-refractivity contribution in [3.05, 3.63) is 35.9 Å². The van der Waals surface area contributed by atoms with Crippen LogP contribution < -0.4 is 0 Å². The fourth-order valence-electron chi connectivity index (χ4n) is 3.07. The van der Waals surface area contributed by atoms with Gasteiger partial charge in [0.15, 0.2) is 0 Å². The Labute approximate surface area is 116 Å². The Morgan fingerprint density at radius 1 is 1.11 bits per heavy atom. The summed E-state index contributed by atoms with van der Waals surface area (Å²) in [5.41, 5.74) is 0.995. The Morgan fingerprint density at radius 2 is 1.68 bits per heavy atom. The van der Waals surface area contributed by atoms with E-state index in [0.29, 0.717) is 5.91 Å². The van der Waals surface area contributed by atoms with Crippen LogP contribution in [0, 0.1) is 0 Å². The molecule has 1 amide bonds. The van der Waals surface area contributed by atoms with Gasteiger partial charge in [0, 0.05) is 13.1 Å². The molecule has 2 nitrogen and oxygen atoms in total. The van der Waals surface area contributed by atoms with Gasteiger partial charge >= 0.3 is 0 Å². The van der Waals surface area contributed by atoms with Gasteiger partial charge in [0.25, 0.3) is 0 Å². The van der Waals surface area contributed by atoms with E-state index in [-0.39, 0.29) is 5.41 Å². The van der Waals surface area contributed by atoms with Crippen molar-refractivity contribution >= 4 is 5.91 Å². The maximum Gasteiger partial charge on any atom is 0.233 e. The van der Waals surface area contributed by atoms with Crippen LogP contribution in [0.1, 0.15) is 51.5 Å². The van der Waals surface area contributed by atoms with Crippen molar-refractivity contribution in [1.29, 1.82) is 0 Å². The summed E-state index contributed by atoms with van der Waals surface area (Å²) in [7, 11) is 0. The number of amides is 1. The van der Waals surface area contributed by atoms with Gasteiger partial charge in [-0.15, -0.1) is 0 Å². The minimum Gasteiger partial charge on any atom is -0.342 e. The molecule has 2 rings (SSSR count). The van der Waals surface area contributed by atoms with Crippen molar-refractivity contribution in [2.24, 2.45) is 0 Å². The molecule has 1 aliphatic carbocycles. The minimum atomic E-state index is -0.217. The molecule has 0 N–H and O–H groups in total. The molecular weight excluding hydrogens is 234 g/mol. The SMILES string of the molecule is CCCN(CCC)C(=O)C1(c2ccccc2)CCC1. The fourth-order valence-corrected chi connectivity index (χ4v) is 3.07. The average molecular weight is 259 g/mol. The van der Waals surface area contributed by atoms with Crippen molar-refractivity contribution < 1.29 is 4.79 Å². The van der Waals surface area contributed by atoms with Gasteiger partial charge in [-0.3, -0.25) is 4.79 Å². The molecule has 0 bridgehead atoms. The largest absolute Gasteiger partial charge is 0.342 e. The van der Waals surface area contributed by atoms with Crippen molar-refractivity contribution in [3.63, 3.8) is 0 Å². The van der Waals surface area contributed by atoms with Crippen molar-refractivity contribution in [3.8, 4) is 0 Å². The van der Waals surface area contributed by atoms with Gasteiger partial charge in [-0.1, -0.05) is 50.6 Å². The summed E-state index contributed by atoms with van der Waals surface area (Å²) in [6.45, 7) is 6.07. The third-order valence-electron chi connectivity index (χ3n) is 4.22. The lowest BCUT2D eigenvalue weighted by molar-refractivity contribution is -0.141. The van der Waals surface area contributed by atoms with Gasteiger partial charge in [0.1, 0.15) is 0 Å². The predicted molar refractivity (Wildman–Crippen MR) is 79.1 cm³/mol. The molecule has 1 saturated carbocycles. The quantitative estimate of drug-likeness (QED) is 0.761. The molecule has 0 saturated heterocycles. The molecule has 1 fully saturated rings. The Bertz CT molecular complexity index is 403. The molecule has 0 radical (unpaired) electrons. The first-order chi connectivity index (χ1) is 9.24. The van der Waals surface area contributed by atoms with Crippen LogP contribution in [-0.2, 0) is 10.2 Å². The van der Waals surface area contributed by atoms with Gasteiger partial charge in [-0.05, 0) is 31.2 Å². The van der Waals surface area contributed by atoms with Gasteiger partial charge < -0.3 is 4.90 Å². The molecule has 0 heterocycles. The van der Waals surface area contributed by atoms with Crippen LogP contribution >= 0.6 is 0 Å². The lowest BCUT2D eigenvalue weighted by Crippen LogP contribution is -2.51. The lowest BCUT2D eigenvalue weighted by atomic mass is 9.63. The normalized spacial score (nSPS) is 16.7. The Balaban J connectivity index is 2.23. The molecule has 19 heavy (non-hydrogen) atoms. The number of carbonyl (C=O) groups is 1. The van der Waals surface area contributed by atoms with Crippen LogP contribution in [0.15, 0.2) is 30.3 Å². The van der Waals surface area contributed by atoms with E-state index in [9.17, 15) is 4.79 Å². The minimum absolute atomic E-state index is 0.217. The monoisotopic (exact) mass is 259 g/mol. The van der Waals surface area contributed by atoms with Gasteiger partial charge in [-0.2, -0.15) is 0 Å². The standard InChI is InChI=1S/C17H25NO/c1-3-13-18(14-4-2)16(19)17(11-8-12-17)15-9-6-5-7-10-15/h5-7,9-10H,3-4,8,11-14H2,1-2H3. The third-order valence-corrected chi connectivity index (χ3v) is 4.22. The average Bonchev–Trinajstić information content (AvgIpc) is 2.38. The number of hydrogen-bond acceptors (Lipinski definition) is 1. The molecule has 0 unspecified atom stereocenters. The predicted octanol–water partition coefficient (Wildman–Crippen LogP) is 3.76. The maximum absolute atomic E-state index is 13.0. The van der Waals surface area contributed by atoms with Crippen LogP contribution in [0.25, 0.3) is 0 Å². The van der Waals surface area contributed by atoms with Crippen LogP contribution in [0.2, 0.25) is 0 Å². The van der Waals surface area contributed by atoms with E-state index in [1.807, 2.05) is 18.2 Å². The van der Waals surface area contributed by atoms with E-state index >= 15 is 0 Å². The second-order valence-corrected chi connectivity index (χ2v) is 5.59. The van der Waals surface area contributed by atoms with Crippen LogP contribution in [0.5, 0.6) is 0 Å². The highest BCUT2D eigenvalue weighted by Gasteiger charge is 2.47. The van der Waals surface area contributed by atoms with Crippen molar-refractivity contribution in [2.75, 3.05) is 13.1 Å². The fraction of sp³-hybridized carbons (Fsp3) is 0.588. The van der Waals surface area contributed by atoms with Crippen LogP contribution in [0.3, 0.4) is 0 Å². The van der Waals surface area contributed by atoms with Crippen LogP contribution in [-0.4, -0.2) is 23.9 Å². The topological polar surface area (TPSA) is 20.3 Å². The first-order valence-corrected chi connectivity index (χ1v) is 7.59. The second-order valence-electron chi connectivity index (χ2n) is 5.59. The first-order valence-electron chi connectivity index (χ1n) is 7.59. The Kier molecular flexibility index (Phi) is 4.62.